The number of carbonyl (C=O) groups is 2. The number of hydrogen-bond donors (Lipinski definition) is 3. The van der Waals surface area contributed by atoms with Crippen molar-refractivity contribution >= 4 is 17.6 Å². The van der Waals surface area contributed by atoms with E-state index in [1.807, 2.05) is 18.2 Å². The second-order valence-corrected chi connectivity index (χ2v) is 9.26. The van der Waals surface area contributed by atoms with Crippen molar-refractivity contribution in [2.45, 2.75) is 44.6 Å². The summed E-state index contributed by atoms with van der Waals surface area (Å²) >= 11 is 0. The van der Waals surface area contributed by atoms with Crippen molar-refractivity contribution in [1.29, 1.82) is 0 Å². The first-order valence-electron chi connectivity index (χ1n) is 11.4. The number of non-ortho nitro benzene ring substituents is 1. The molecule has 1 fully saturated rings. The molecule has 3 N–H and O–H groups in total. The summed E-state index contributed by atoms with van der Waals surface area (Å²) in [5.41, 5.74) is 1.55. The zero-order chi connectivity index (χ0) is 24.9. The van der Waals surface area contributed by atoms with E-state index in [4.69, 9.17) is 0 Å². The standard InChI is InChI=1S/C25H31N3O6/c1-17-16-27(13-11-25(17,2)19-4-3-5-21(29)15-19)12-10-23(30)26-22(24(31)32)14-18-6-8-20(9-7-18)28(33)34/h3-9,15,17,22,29H,10-14,16H2,1-2H3,(H,26,30)(H,31,32)/t17-,22-,25+/m0/s1. The number of nitro groups is 1. The summed E-state index contributed by atoms with van der Waals surface area (Å²) < 4.78 is 0. The molecule has 3 rings (SSSR count). The Hall–Kier alpha value is -3.46. The zero-order valence-corrected chi connectivity index (χ0v) is 19.4. The highest BCUT2D eigenvalue weighted by Crippen LogP contribution is 2.40. The van der Waals surface area contributed by atoms with Gasteiger partial charge < -0.3 is 20.4 Å². The molecule has 1 amide bonds. The molecule has 9 heteroatoms. The number of nitro benzene ring substituents is 1. The van der Waals surface area contributed by atoms with Crippen molar-refractivity contribution in [3.05, 3.63) is 69.8 Å². The van der Waals surface area contributed by atoms with E-state index < -0.39 is 16.9 Å². The average molecular weight is 470 g/mol. The highest BCUT2D eigenvalue weighted by Gasteiger charge is 2.38. The quantitative estimate of drug-likeness (QED) is 0.380. The van der Waals surface area contributed by atoms with Crippen molar-refractivity contribution in [1.82, 2.24) is 10.2 Å². The summed E-state index contributed by atoms with van der Waals surface area (Å²) in [5.74, 6) is -0.935. The van der Waals surface area contributed by atoms with Crippen LogP contribution in [0.15, 0.2) is 48.5 Å². The Bertz CT molecular complexity index is 1040. The van der Waals surface area contributed by atoms with Gasteiger partial charge >= 0.3 is 5.97 Å². The van der Waals surface area contributed by atoms with E-state index >= 15 is 0 Å². The van der Waals surface area contributed by atoms with Crippen LogP contribution in [0.3, 0.4) is 0 Å². The molecule has 0 saturated carbocycles. The van der Waals surface area contributed by atoms with Gasteiger partial charge in [-0.2, -0.15) is 0 Å². The molecule has 2 aromatic carbocycles. The Morgan fingerprint density at radius 2 is 1.97 bits per heavy atom. The lowest BCUT2D eigenvalue weighted by molar-refractivity contribution is -0.384. The van der Waals surface area contributed by atoms with E-state index in [-0.39, 0.29) is 35.6 Å². The largest absolute Gasteiger partial charge is 0.508 e. The van der Waals surface area contributed by atoms with Crippen LogP contribution in [-0.4, -0.2) is 57.6 Å². The fourth-order valence-electron chi connectivity index (χ4n) is 4.53. The third-order valence-electron chi connectivity index (χ3n) is 6.95. The summed E-state index contributed by atoms with van der Waals surface area (Å²) in [6, 6.07) is 11.9. The molecule has 1 aliphatic rings. The molecule has 34 heavy (non-hydrogen) atoms. The molecule has 3 atom stereocenters. The zero-order valence-electron chi connectivity index (χ0n) is 19.4. The normalized spacial score (nSPS) is 21.5. The first kappa shape index (κ1) is 25.2. The van der Waals surface area contributed by atoms with E-state index in [0.29, 0.717) is 18.0 Å². The average Bonchev–Trinajstić information content (AvgIpc) is 2.79. The minimum absolute atomic E-state index is 0.0437. The number of amides is 1. The lowest BCUT2D eigenvalue weighted by Crippen LogP contribution is -2.48. The van der Waals surface area contributed by atoms with Gasteiger partial charge in [-0.25, -0.2) is 4.79 Å². The molecule has 0 bridgehead atoms. The van der Waals surface area contributed by atoms with E-state index in [1.165, 1.54) is 24.3 Å². The number of aromatic hydroxyl groups is 1. The number of rotatable bonds is 9. The van der Waals surface area contributed by atoms with Crippen LogP contribution >= 0.6 is 0 Å². The van der Waals surface area contributed by atoms with Gasteiger partial charge in [-0.05, 0) is 47.6 Å². The predicted octanol–water partition coefficient (Wildman–Crippen LogP) is 3.10. The van der Waals surface area contributed by atoms with Crippen molar-refractivity contribution in [2.24, 2.45) is 5.92 Å². The topological polar surface area (TPSA) is 133 Å². The van der Waals surface area contributed by atoms with Crippen molar-refractivity contribution < 1.29 is 24.7 Å². The summed E-state index contributed by atoms with van der Waals surface area (Å²) in [4.78, 5) is 36.6. The van der Waals surface area contributed by atoms with E-state index in [2.05, 4.69) is 24.1 Å². The number of hydrogen-bond acceptors (Lipinski definition) is 6. The van der Waals surface area contributed by atoms with Crippen LogP contribution in [0.2, 0.25) is 0 Å². The molecule has 9 nitrogen and oxygen atoms in total. The highest BCUT2D eigenvalue weighted by molar-refractivity contribution is 5.83. The van der Waals surface area contributed by atoms with E-state index in [9.17, 15) is 29.9 Å². The maximum Gasteiger partial charge on any atom is 0.326 e. The van der Waals surface area contributed by atoms with Crippen molar-refractivity contribution in [3.8, 4) is 5.75 Å². The third kappa shape index (κ3) is 6.11. The van der Waals surface area contributed by atoms with Gasteiger partial charge in [0.2, 0.25) is 5.91 Å². The van der Waals surface area contributed by atoms with Crippen LogP contribution < -0.4 is 5.32 Å². The van der Waals surface area contributed by atoms with Crippen molar-refractivity contribution in [2.75, 3.05) is 19.6 Å². The molecule has 2 aromatic rings. The molecular weight excluding hydrogens is 438 g/mol. The second-order valence-electron chi connectivity index (χ2n) is 9.26. The first-order valence-corrected chi connectivity index (χ1v) is 11.4. The maximum atomic E-state index is 12.5. The Balaban J connectivity index is 1.51. The van der Waals surface area contributed by atoms with Gasteiger partial charge in [-0.3, -0.25) is 14.9 Å². The molecule has 1 saturated heterocycles. The van der Waals surface area contributed by atoms with Gasteiger partial charge in [0, 0.05) is 38.1 Å². The monoisotopic (exact) mass is 469 g/mol. The van der Waals surface area contributed by atoms with Gasteiger partial charge in [-0.1, -0.05) is 38.1 Å². The predicted molar refractivity (Wildman–Crippen MR) is 127 cm³/mol. The minimum Gasteiger partial charge on any atom is -0.508 e. The molecule has 1 heterocycles. The number of likely N-dealkylation sites (tertiary alicyclic amines) is 1. The number of nitrogens with one attached hydrogen (secondary N) is 1. The number of phenolic OH excluding ortho intramolecular Hbond substituents is 1. The molecule has 0 radical (unpaired) electrons. The summed E-state index contributed by atoms with van der Waals surface area (Å²) in [6.07, 6.45) is 1.11. The fourth-order valence-corrected chi connectivity index (χ4v) is 4.53. The van der Waals surface area contributed by atoms with Gasteiger partial charge in [-0.15, -0.1) is 0 Å². The smallest absolute Gasteiger partial charge is 0.326 e. The van der Waals surface area contributed by atoms with Crippen LogP contribution in [-0.2, 0) is 21.4 Å². The van der Waals surface area contributed by atoms with Gasteiger partial charge in [0.25, 0.3) is 5.69 Å². The Kier molecular flexibility index (Phi) is 7.88. The molecule has 1 aliphatic heterocycles. The number of aliphatic carboxylic acids is 1. The SMILES string of the molecule is C[C@H]1CN(CCC(=O)N[C@@H](Cc2ccc([N+](=O)[O-])cc2)C(=O)O)CC[C@@]1(C)c1cccc(O)c1. The Labute approximate surface area is 198 Å². The molecule has 0 aliphatic carbocycles. The third-order valence-corrected chi connectivity index (χ3v) is 6.95. The van der Waals surface area contributed by atoms with Crippen LogP contribution in [0.25, 0.3) is 0 Å². The molecule has 182 valence electrons. The number of phenols is 1. The minimum atomic E-state index is -1.15. The molecule has 0 aromatic heterocycles. The van der Waals surface area contributed by atoms with E-state index in [0.717, 1.165) is 25.1 Å². The fraction of sp³-hybridized carbons (Fsp3) is 0.440. The van der Waals surface area contributed by atoms with Crippen LogP contribution in [0, 0.1) is 16.0 Å². The Morgan fingerprint density at radius 3 is 2.56 bits per heavy atom. The number of carbonyl (C=O) groups excluding carboxylic acids is 1. The van der Waals surface area contributed by atoms with Gasteiger partial charge in [0.05, 0.1) is 4.92 Å². The maximum absolute atomic E-state index is 12.5. The number of carboxylic acids is 1. The summed E-state index contributed by atoms with van der Waals surface area (Å²) in [5, 5.41) is 32.7. The van der Waals surface area contributed by atoms with Gasteiger partial charge in [0.15, 0.2) is 0 Å². The van der Waals surface area contributed by atoms with Gasteiger partial charge in [0.1, 0.15) is 11.8 Å². The van der Waals surface area contributed by atoms with Crippen molar-refractivity contribution in [3.63, 3.8) is 0 Å². The summed E-state index contributed by atoms with van der Waals surface area (Å²) in [6.45, 7) is 6.49. The lowest BCUT2D eigenvalue weighted by atomic mass is 9.68. The first-order chi connectivity index (χ1) is 16.1. The van der Waals surface area contributed by atoms with Crippen LogP contribution in [0.5, 0.6) is 5.75 Å². The number of piperidine rings is 1. The number of nitrogens with zero attached hydrogens (tertiary/aromatic N) is 2. The lowest BCUT2D eigenvalue weighted by Gasteiger charge is -2.45. The summed E-state index contributed by atoms with van der Waals surface area (Å²) in [7, 11) is 0. The second kappa shape index (κ2) is 10.6. The Morgan fingerprint density at radius 1 is 1.26 bits per heavy atom. The molecule has 0 spiro atoms. The molecular formula is C25H31N3O6. The van der Waals surface area contributed by atoms with Crippen LogP contribution in [0.4, 0.5) is 5.69 Å². The number of carboxylic acid groups (broad SMARTS) is 1. The highest BCUT2D eigenvalue weighted by atomic mass is 16.6. The number of benzene rings is 2. The molecule has 0 unspecified atom stereocenters. The van der Waals surface area contributed by atoms with E-state index in [1.54, 1.807) is 6.07 Å². The van der Waals surface area contributed by atoms with Crippen LogP contribution in [0.1, 0.15) is 37.8 Å².